The molecule has 0 atom stereocenters. The molecule has 1 saturated carbocycles. The van der Waals surface area contributed by atoms with Crippen molar-refractivity contribution >= 4 is 28.4 Å². The molecule has 1 aliphatic carbocycles. The number of pyridine rings is 2. The number of hydrogen-bond acceptors (Lipinski definition) is 7. The standard InChI is InChI=1S/C29H31N7O2/c1-35-16-31-26-18(4-3-5-23(26)35)25-19(17-6-7-17)14-21(27(34-25)28(30)37)32-24-9-8-20-22(33-24)15-36(2)29(20)10-12-38-13-11-29/h3-5,8-9,14,16-17H,6-7,10-13,15H2,1-2H3,(H2,30,37)(H,32,33). The summed E-state index contributed by atoms with van der Waals surface area (Å²) in [5, 5.41) is 3.40. The van der Waals surface area contributed by atoms with E-state index in [9.17, 15) is 4.79 Å². The molecule has 9 heteroatoms. The van der Waals surface area contributed by atoms with Gasteiger partial charge in [-0.1, -0.05) is 18.2 Å². The number of primary amides is 1. The number of imidazole rings is 1. The summed E-state index contributed by atoms with van der Waals surface area (Å²) in [6, 6.07) is 12.3. The third kappa shape index (κ3) is 3.60. The number of benzene rings is 1. The molecular weight excluding hydrogens is 478 g/mol. The van der Waals surface area contributed by atoms with Crippen LogP contribution in [0.3, 0.4) is 0 Å². The minimum Gasteiger partial charge on any atom is -0.381 e. The maximum Gasteiger partial charge on any atom is 0.269 e. The predicted octanol–water partition coefficient (Wildman–Crippen LogP) is 4.20. The van der Waals surface area contributed by atoms with Crippen LogP contribution >= 0.6 is 0 Å². The molecule has 1 amide bonds. The number of nitrogens with two attached hydrogens (primary N) is 1. The van der Waals surface area contributed by atoms with Crippen molar-refractivity contribution in [1.82, 2.24) is 24.4 Å². The van der Waals surface area contributed by atoms with E-state index in [0.29, 0.717) is 17.4 Å². The van der Waals surface area contributed by atoms with Crippen molar-refractivity contribution in [2.45, 2.75) is 43.7 Å². The molecule has 194 valence electrons. The molecule has 5 heterocycles. The lowest BCUT2D eigenvalue weighted by Gasteiger charge is -2.40. The number of carbonyl (C=O) groups excluding carboxylic acids is 1. The van der Waals surface area contributed by atoms with E-state index in [2.05, 4.69) is 28.3 Å². The number of ether oxygens (including phenoxy) is 1. The fourth-order valence-electron chi connectivity index (χ4n) is 6.28. The number of rotatable bonds is 5. The molecule has 9 nitrogen and oxygen atoms in total. The van der Waals surface area contributed by atoms with Gasteiger partial charge >= 0.3 is 0 Å². The summed E-state index contributed by atoms with van der Waals surface area (Å²) in [6.45, 7) is 2.31. The second kappa shape index (κ2) is 8.61. The van der Waals surface area contributed by atoms with Gasteiger partial charge in [0.15, 0.2) is 5.69 Å². The second-order valence-electron chi connectivity index (χ2n) is 10.8. The number of amides is 1. The van der Waals surface area contributed by atoms with E-state index >= 15 is 0 Å². The molecule has 3 N–H and O–H groups in total. The number of para-hydroxylation sites is 1. The Kier molecular flexibility index (Phi) is 5.28. The first-order valence-corrected chi connectivity index (χ1v) is 13.3. The Labute approximate surface area is 221 Å². The van der Waals surface area contributed by atoms with E-state index in [1.165, 1.54) is 5.56 Å². The summed E-state index contributed by atoms with van der Waals surface area (Å²) in [6.07, 6.45) is 5.93. The summed E-state index contributed by atoms with van der Waals surface area (Å²) >= 11 is 0. The summed E-state index contributed by atoms with van der Waals surface area (Å²) in [7, 11) is 4.14. The van der Waals surface area contributed by atoms with Gasteiger partial charge in [0.2, 0.25) is 0 Å². The molecule has 7 rings (SSSR count). The molecule has 2 aliphatic heterocycles. The number of carbonyl (C=O) groups is 1. The van der Waals surface area contributed by atoms with Crippen LogP contribution in [0.1, 0.15) is 58.9 Å². The smallest absolute Gasteiger partial charge is 0.269 e. The molecule has 38 heavy (non-hydrogen) atoms. The van der Waals surface area contributed by atoms with Crippen LogP contribution in [-0.2, 0) is 23.9 Å². The van der Waals surface area contributed by atoms with Gasteiger partial charge in [-0.05, 0) is 68.0 Å². The number of aryl methyl sites for hydroxylation is 1. The highest BCUT2D eigenvalue weighted by molar-refractivity contribution is 5.99. The van der Waals surface area contributed by atoms with E-state index < -0.39 is 5.91 Å². The summed E-state index contributed by atoms with van der Waals surface area (Å²) in [5.41, 5.74) is 13.7. The van der Waals surface area contributed by atoms with Crippen LogP contribution in [0.5, 0.6) is 0 Å². The van der Waals surface area contributed by atoms with Gasteiger partial charge < -0.3 is 20.4 Å². The number of hydrogen-bond donors (Lipinski definition) is 2. The minimum atomic E-state index is -0.577. The summed E-state index contributed by atoms with van der Waals surface area (Å²) in [4.78, 5) is 29.5. The molecule has 1 saturated heterocycles. The van der Waals surface area contributed by atoms with E-state index in [1.807, 2.05) is 41.9 Å². The van der Waals surface area contributed by atoms with Gasteiger partial charge in [-0.15, -0.1) is 0 Å². The Bertz CT molecular complexity index is 1580. The number of fused-ring (bicyclic) bond motifs is 3. The zero-order valence-electron chi connectivity index (χ0n) is 21.7. The molecule has 3 aromatic heterocycles. The molecule has 0 radical (unpaired) electrons. The molecular formula is C29H31N7O2. The van der Waals surface area contributed by atoms with Crippen molar-refractivity contribution in [3.8, 4) is 11.3 Å². The first kappa shape index (κ1) is 23.3. The third-order valence-electron chi connectivity index (χ3n) is 8.49. The lowest BCUT2D eigenvalue weighted by atomic mass is 9.84. The van der Waals surface area contributed by atoms with Gasteiger partial charge in [0.1, 0.15) is 5.82 Å². The van der Waals surface area contributed by atoms with Crippen molar-refractivity contribution in [3.63, 3.8) is 0 Å². The van der Waals surface area contributed by atoms with Gasteiger partial charge in [0.05, 0.1) is 40.0 Å². The average molecular weight is 510 g/mol. The van der Waals surface area contributed by atoms with Gasteiger partial charge in [-0.25, -0.2) is 15.0 Å². The van der Waals surface area contributed by atoms with E-state index in [4.69, 9.17) is 20.4 Å². The highest BCUT2D eigenvalue weighted by Crippen LogP contribution is 2.47. The molecule has 2 fully saturated rings. The number of anilines is 2. The fourth-order valence-corrected chi connectivity index (χ4v) is 6.28. The van der Waals surface area contributed by atoms with E-state index in [0.717, 1.165) is 79.0 Å². The van der Waals surface area contributed by atoms with Gasteiger partial charge in [-0.3, -0.25) is 9.69 Å². The highest BCUT2D eigenvalue weighted by Gasteiger charge is 2.45. The lowest BCUT2D eigenvalue weighted by Crippen LogP contribution is -2.43. The van der Waals surface area contributed by atoms with Gasteiger partial charge in [0.25, 0.3) is 5.91 Å². The summed E-state index contributed by atoms with van der Waals surface area (Å²) < 4.78 is 7.63. The van der Waals surface area contributed by atoms with Crippen LogP contribution in [0, 0.1) is 0 Å². The van der Waals surface area contributed by atoms with Gasteiger partial charge in [-0.2, -0.15) is 0 Å². The first-order chi connectivity index (χ1) is 18.4. The fraction of sp³-hybridized carbons (Fsp3) is 0.379. The molecule has 3 aliphatic rings. The Hall–Kier alpha value is -3.82. The molecule has 1 aromatic carbocycles. The third-order valence-corrected chi connectivity index (χ3v) is 8.49. The molecule has 4 aromatic rings. The van der Waals surface area contributed by atoms with Crippen LogP contribution in [0.4, 0.5) is 11.5 Å². The number of nitrogens with one attached hydrogen (secondary N) is 1. The molecule has 1 spiro atoms. The van der Waals surface area contributed by atoms with Crippen LogP contribution in [0.15, 0.2) is 42.7 Å². The SMILES string of the molecule is CN1Cc2nc(Nc3cc(C4CC4)c(-c4cccc5c4ncn5C)nc3C(N)=O)ccc2C12CCOCC2. The number of aromatic nitrogens is 4. The summed E-state index contributed by atoms with van der Waals surface area (Å²) in [5.74, 6) is 0.507. The molecule has 0 unspecified atom stereocenters. The van der Waals surface area contributed by atoms with Crippen molar-refractivity contribution in [2.24, 2.45) is 12.8 Å². The first-order valence-electron chi connectivity index (χ1n) is 13.3. The maximum atomic E-state index is 12.7. The maximum absolute atomic E-state index is 12.7. The van der Waals surface area contributed by atoms with Crippen LogP contribution in [0.25, 0.3) is 22.3 Å². The van der Waals surface area contributed by atoms with E-state index in [-0.39, 0.29) is 11.2 Å². The van der Waals surface area contributed by atoms with Crippen LogP contribution < -0.4 is 11.1 Å². The van der Waals surface area contributed by atoms with Crippen molar-refractivity contribution in [1.29, 1.82) is 0 Å². The Morgan fingerprint density at radius 1 is 1.13 bits per heavy atom. The normalized spacial score (nSPS) is 18.7. The lowest BCUT2D eigenvalue weighted by molar-refractivity contribution is -0.0132. The average Bonchev–Trinajstić information content (AvgIpc) is 3.65. The molecule has 0 bridgehead atoms. The quantitative estimate of drug-likeness (QED) is 0.415. The number of nitrogens with zero attached hydrogens (tertiary/aromatic N) is 5. The van der Waals surface area contributed by atoms with Gasteiger partial charge in [0, 0.05) is 32.4 Å². The Morgan fingerprint density at radius 3 is 2.71 bits per heavy atom. The minimum absolute atomic E-state index is 0.00760. The van der Waals surface area contributed by atoms with Crippen molar-refractivity contribution in [2.75, 3.05) is 25.6 Å². The Morgan fingerprint density at radius 2 is 1.95 bits per heavy atom. The van der Waals surface area contributed by atoms with Crippen LogP contribution in [-0.4, -0.2) is 50.6 Å². The van der Waals surface area contributed by atoms with Crippen LogP contribution in [0.2, 0.25) is 0 Å². The topological polar surface area (TPSA) is 111 Å². The van der Waals surface area contributed by atoms with E-state index in [1.54, 1.807) is 6.33 Å². The zero-order valence-corrected chi connectivity index (χ0v) is 21.7. The monoisotopic (exact) mass is 509 g/mol. The predicted molar refractivity (Wildman–Crippen MR) is 145 cm³/mol. The van der Waals surface area contributed by atoms with Crippen molar-refractivity contribution < 1.29 is 9.53 Å². The van der Waals surface area contributed by atoms with Crippen molar-refractivity contribution in [3.05, 3.63) is 65.2 Å². The highest BCUT2D eigenvalue weighted by atomic mass is 16.5. The second-order valence-corrected chi connectivity index (χ2v) is 10.8. The zero-order chi connectivity index (χ0) is 26.0. The Balaban J connectivity index is 1.30. The largest absolute Gasteiger partial charge is 0.381 e.